The number of rotatable bonds is 5. The van der Waals surface area contributed by atoms with Crippen molar-refractivity contribution in [2.24, 2.45) is 0 Å². The van der Waals surface area contributed by atoms with Crippen LogP contribution < -0.4 is 10.5 Å². The van der Waals surface area contributed by atoms with Crippen LogP contribution in [0.2, 0.25) is 0 Å². The van der Waals surface area contributed by atoms with Crippen molar-refractivity contribution >= 4 is 17.7 Å². The van der Waals surface area contributed by atoms with Crippen molar-refractivity contribution < 1.29 is 4.74 Å². The molecule has 0 atom stereocenters. The standard InChI is InChI=1S/C13H16N6OS/c1-20-9-6-10(16-12(14)15-9)21-13-18-17-11(7-2-3-7)19(13)8-4-5-8/h6-8H,2-5H2,1H3,(H2,14,15,16). The van der Waals surface area contributed by atoms with Gasteiger partial charge in [0.2, 0.25) is 11.8 Å². The van der Waals surface area contributed by atoms with E-state index in [1.807, 2.05) is 0 Å². The Morgan fingerprint density at radius 1 is 1.24 bits per heavy atom. The summed E-state index contributed by atoms with van der Waals surface area (Å²) in [5.74, 6) is 2.40. The largest absolute Gasteiger partial charge is 0.481 e. The molecule has 21 heavy (non-hydrogen) atoms. The molecule has 7 nitrogen and oxygen atoms in total. The molecule has 2 aliphatic carbocycles. The molecule has 2 heterocycles. The minimum absolute atomic E-state index is 0.205. The SMILES string of the molecule is COc1cc(Sc2nnc(C3CC3)n2C2CC2)nc(N)n1. The van der Waals surface area contributed by atoms with E-state index in [4.69, 9.17) is 10.5 Å². The van der Waals surface area contributed by atoms with Crippen LogP contribution in [0.25, 0.3) is 0 Å². The predicted molar refractivity (Wildman–Crippen MR) is 77.4 cm³/mol. The fourth-order valence-electron chi connectivity index (χ4n) is 2.33. The van der Waals surface area contributed by atoms with Crippen molar-refractivity contribution in [1.82, 2.24) is 24.7 Å². The monoisotopic (exact) mass is 304 g/mol. The van der Waals surface area contributed by atoms with Crippen molar-refractivity contribution in [3.8, 4) is 5.88 Å². The second-order valence-corrected chi connectivity index (χ2v) is 6.41. The molecule has 8 heteroatoms. The minimum Gasteiger partial charge on any atom is -0.481 e. The highest BCUT2D eigenvalue weighted by molar-refractivity contribution is 7.99. The molecule has 0 bridgehead atoms. The third kappa shape index (κ3) is 2.55. The minimum atomic E-state index is 0.205. The fraction of sp³-hybridized carbons (Fsp3) is 0.538. The summed E-state index contributed by atoms with van der Waals surface area (Å²) < 4.78 is 7.41. The topological polar surface area (TPSA) is 91.7 Å². The van der Waals surface area contributed by atoms with E-state index in [-0.39, 0.29) is 5.95 Å². The Labute approximate surface area is 126 Å². The molecular formula is C13H16N6OS. The number of anilines is 1. The van der Waals surface area contributed by atoms with Gasteiger partial charge in [0.15, 0.2) is 5.16 Å². The van der Waals surface area contributed by atoms with Gasteiger partial charge in [0, 0.05) is 18.0 Å². The van der Waals surface area contributed by atoms with E-state index < -0.39 is 0 Å². The number of ether oxygens (including phenoxy) is 1. The second-order valence-electron chi connectivity index (χ2n) is 5.43. The zero-order chi connectivity index (χ0) is 14.4. The smallest absolute Gasteiger partial charge is 0.224 e. The van der Waals surface area contributed by atoms with Crippen LogP contribution in [0.3, 0.4) is 0 Å². The lowest BCUT2D eigenvalue weighted by molar-refractivity contribution is 0.396. The van der Waals surface area contributed by atoms with E-state index in [2.05, 4.69) is 24.7 Å². The highest BCUT2D eigenvalue weighted by atomic mass is 32.2. The van der Waals surface area contributed by atoms with E-state index in [0.29, 0.717) is 17.8 Å². The summed E-state index contributed by atoms with van der Waals surface area (Å²) in [6, 6.07) is 2.32. The molecule has 0 aliphatic heterocycles. The van der Waals surface area contributed by atoms with Gasteiger partial charge in [-0.15, -0.1) is 10.2 Å². The maximum Gasteiger partial charge on any atom is 0.224 e. The van der Waals surface area contributed by atoms with Crippen LogP contribution in [0.15, 0.2) is 16.2 Å². The summed E-state index contributed by atoms with van der Waals surface area (Å²) in [6.45, 7) is 0. The maximum absolute atomic E-state index is 5.70. The molecule has 0 amide bonds. The Morgan fingerprint density at radius 3 is 2.71 bits per heavy atom. The maximum atomic E-state index is 5.70. The van der Waals surface area contributed by atoms with Crippen LogP contribution in [0.1, 0.15) is 43.5 Å². The summed E-state index contributed by atoms with van der Waals surface area (Å²) in [4.78, 5) is 8.23. The molecule has 2 saturated carbocycles. The van der Waals surface area contributed by atoms with Gasteiger partial charge in [-0.1, -0.05) is 0 Å². The average Bonchev–Trinajstić information content (AvgIpc) is 3.37. The number of nitrogens with two attached hydrogens (primary N) is 1. The Morgan fingerprint density at radius 2 is 2.05 bits per heavy atom. The van der Waals surface area contributed by atoms with E-state index in [1.165, 1.54) is 37.4 Å². The third-order valence-electron chi connectivity index (χ3n) is 3.65. The lowest BCUT2D eigenvalue weighted by Gasteiger charge is -2.08. The number of hydrogen-bond donors (Lipinski definition) is 1. The van der Waals surface area contributed by atoms with Crippen LogP contribution in [0.4, 0.5) is 5.95 Å². The molecule has 0 radical (unpaired) electrons. The summed E-state index contributed by atoms with van der Waals surface area (Å²) in [5, 5.41) is 10.4. The second kappa shape index (κ2) is 4.87. The van der Waals surface area contributed by atoms with Crippen LogP contribution >= 0.6 is 11.8 Å². The van der Waals surface area contributed by atoms with Gasteiger partial charge in [0.05, 0.1) is 7.11 Å². The normalized spacial score (nSPS) is 18.0. The third-order valence-corrected chi connectivity index (χ3v) is 4.53. The summed E-state index contributed by atoms with van der Waals surface area (Å²) in [6.07, 6.45) is 4.87. The Hall–Kier alpha value is -1.83. The predicted octanol–water partition coefficient (Wildman–Crippen LogP) is 2.02. The molecule has 4 rings (SSSR count). The zero-order valence-corrected chi connectivity index (χ0v) is 12.5. The number of aromatic nitrogens is 5. The molecular weight excluding hydrogens is 288 g/mol. The van der Waals surface area contributed by atoms with Gasteiger partial charge in [0.1, 0.15) is 10.9 Å². The summed E-state index contributed by atoms with van der Waals surface area (Å²) >= 11 is 1.47. The van der Waals surface area contributed by atoms with Gasteiger partial charge < -0.3 is 15.0 Å². The van der Waals surface area contributed by atoms with E-state index in [9.17, 15) is 0 Å². The first-order chi connectivity index (χ1) is 10.2. The Bertz CT molecular complexity index is 679. The molecule has 2 aromatic heterocycles. The van der Waals surface area contributed by atoms with Gasteiger partial charge in [0.25, 0.3) is 0 Å². The molecule has 110 valence electrons. The van der Waals surface area contributed by atoms with Crippen LogP contribution in [-0.2, 0) is 0 Å². The van der Waals surface area contributed by atoms with Crippen molar-refractivity contribution in [1.29, 1.82) is 0 Å². The van der Waals surface area contributed by atoms with Crippen LogP contribution in [0, 0.1) is 0 Å². The zero-order valence-electron chi connectivity index (χ0n) is 11.7. The first-order valence-corrected chi connectivity index (χ1v) is 7.87. The van der Waals surface area contributed by atoms with Gasteiger partial charge >= 0.3 is 0 Å². The van der Waals surface area contributed by atoms with E-state index in [1.54, 1.807) is 13.2 Å². The van der Waals surface area contributed by atoms with Crippen molar-refractivity contribution in [2.45, 2.75) is 47.8 Å². The number of methoxy groups -OCH3 is 1. The molecule has 2 aliphatic rings. The molecule has 2 aromatic rings. The highest BCUT2D eigenvalue weighted by Gasteiger charge is 2.36. The summed E-state index contributed by atoms with van der Waals surface area (Å²) in [5.41, 5.74) is 5.70. The fourth-order valence-corrected chi connectivity index (χ4v) is 3.23. The van der Waals surface area contributed by atoms with Gasteiger partial charge in [-0.25, -0.2) is 4.98 Å². The first-order valence-electron chi connectivity index (χ1n) is 7.06. The van der Waals surface area contributed by atoms with Gasteiger partial charge in [-0.2, -0.15) is 4.98 Å². The lowest BCUT2D eigenvalue weighted by Crippen LogP contribution is -2.03. The van der Waals surface area contributed by atoms with Gasteiger partial charge in [-0.05, 0) is 37.4 Å². The highest BCUT2D eigenvalue weighted by Crippen LogP contribution is 2.46. The number of hydrogen-bond acceptors (Lipinski definition) is 7. The summed E-state index contributed by atoms with van der Waals surface area (Å²) in [7, 11) is 1.56. The average molecular weight is 304 g/mol. The van der Waals surface area contributed by atoms with Crippen LogP contribution in [-0.4, -0.2) is 31.8 Å². The lowest BCUT2D eigenvalue weighted by atomic mass is 10.4. The van der Waals surface area contributed by atoms with E-state index >= 15 is 0 Å². The molecule has 0 aromatic carbocycles. The molecule has 2 N–H and O–H groups in total. The quantitative estimate of drug-likeness (QED) is 0.845. The van der Waals surface area contributed by atoms with Crippen molar-refractivity contribution in [3.63, 3.8) is 0 Å². The van der Waals surface area contributed by atoms with Crippen molar-refractivity contribution in [2.75, 3.05) is 12.8 Å². The van der Waals surface area contributed by atoms with Crippen LogP contribution in [0.5, 0.6) is 5.88 Å². The molecule has 0 spiro atoms. The van der Waals surface area contributed by atoms with Gasteiger partial charge in [-0.3, -0.25) is 0 Å². The van der Waals surface area contributed by atoms with E-state index in [0.717, 1.165) is 16.0 Å². The Balaban J connectivity index is 1.66. The van der Waals surface area contributed by atoms with Crippen molar-refractivity contribution in [3.05, 3.63) is 11.9 Å². The first kappa shape index (κ1) is 12.9. The molecule has 2 fully saturated rings. The molecule has 0 unspecified atom stereocenters. The number of nitrogens with zero attached hydrogens (tertiary/aromatic N) is 5. The Kier molecular flexibility index (Phi) is 2.99. The molecule has 0 saturated heterocycles. The number of nitrogen functional groups attached to an aromatic ring is 1.